The van der Waals surface area contributed by atoms with Crippen LogP contribution in [0.3, 0.4) is 0 Å². The third-order valence-corrected chi connectivity index (χ3v) is 4.06. The van der Waals surface area contributed by atoms with Gasteiger partial charge in [-0.25, -0.2) is 0 Å². The first-order chi connectivity index (χ1) is 7.52. The van der Waals surface area contributed by atoms with Crippen LogP contribution in [0.4, 0.5) is 0 Å². The van der Waals surface area contributed by atoms with Crippen LogP contribution in [-0.2, 0) is 19.1 Å². The molecular formula is C8H16N2O4S2. The predicted octanol–water partition coefficient (Wildman–Crippen LogP) is -0.632. The highest BCUT2D eigenvalue weighted by Gasteiger charge is 2.16. The molecule has 94 valence electrons. The predicted molar refractivity (Wildman–Crippen MR) is 64.9 cm³/mol. The molecule has 16 heavy (non-hydrogen) atoms. The van der Waals surface area contributed by atoms with E-state index >= 15 is 0 Å². The second kappa shape index (κ2) is 8.68. The smallest absolute Gasteiger partial charge is 0.323 e. The van der Waals surface area contributed by atoms with E-state index < -0.39 is 24.0 Å². The Hall–Kier alpha value is -0.440. The summed E-state index contributed by atoms with van der Waals surface area (Å²) in [4.78, 5) is 21.9. The number of carbonyl (C=O) groups excluding carboxylic acids is 2. The van der Waals surface area contributed by atoms with Crippen molar-refractivity contribution in [3.05, 3.63) is 0 Å². The Morgan fingerprint density at radius 3 is 1.56 bits per heavy atom. The Bertz CT molecular complexity index is 216. The van der Waals surface area contributed by atoms with E-state index in [2.05, 4.69) is 9.47 Å². The molecular weight excluding hydrogens is 252 g/mol. The molecule has 0 heterocycles. The Morgan fingerprint density at radius 2 is 1.31 bits per heavy atom. The maximum absolute atomic E-state index is 10.9. The van der Waals surface area contributed by atoms with Crippen molar-refractivity contribution < 1.29 is 19.1 Å². The van der Waals surface area contributed by atoms with E-state index in [0.29, 0.717) is 11.5 Å². The van der Waals surface area contributed by atoms with Crippen LogP contribution < -0.4 is 11.5 Å². The van der Waals surface area contributed by atoms with E-state index in [9.17, 15) is 9.59 Å². The molecule has 0 rings (SSSR count). The second-order valence-electron chi connectivity index (χ2n) is 2.83. The van der Waals surface area contributed by atoms with Crippen LogP contribution in [0.2, 0.25) is 0 Å². The number of hydrogen-bond donors (Lipinski definition) is 2. The van der Waals surface area contributed by atoms with E-state index in [4.69, 9.17) is 11.5 Å². The molecule has 2 atom stereocenters. The molecule has 0 fully saturated rings. The number of ether oxygens (including phenoxy) is 2. The Morgan fingerprint density at radius 1 is 1.00 bits per heavy atom. The van der Waals surface area contributed by atoms with Crippen LogP contribution in [-0.4, -0.2) is 49.7 Å². The summed E-state index contributed by atoms with van der Waals surface area (Å²) in [6.07, 6.45) is 0. The first kappa shape index (κ1) is 15.6. The maximum atomic E-state index is 10.9. The van der Waals surface area contributed by atoms with Crippen molar-refractivity contribution >= 4 is 33.5 Å². The van der Waals surface area contributed by atoms with Crippen molar-refractivity contribution in [3.63, 3.8) is 0 Å². The minimum Gasteiger partial charge on any atom is -0.468 e. The van der Waals surface area contributed by atoms with Crippen LogP contribution in [0, 0.1) is 0 Å². The van der Waals surface area contributed by atoms with Crippen LogP contribution in [0.5, 0.6) is 0 Å². The minimum absolute atomic E-state index is 0.408. The van der Waals surface area contributed by atoms with Crippen molar-refractivity contribution in [2.45, 2.75) is 12.1 Å². The van der Waals surface area contributed by atoms with Crippen molar-refractivity contribution in [1.29, 1.82) is 0 Å². The number of hydrogen-bond acceptors (Lipinski definition) is 8. The fraction of sp³-hybridized carbons (Fsp3) is 0.750. The summed E-state index contributed by atoms with van der Waals surface area (Å²) < 4.78 is 8.92. The highest BCUT2D eigenvalue weighted by molar-refractivity contribution is 8.76. The van der Waals surface area contributed by atoms with Gasteiger partial charge in [-0.1, -0.05) is 21.6 Å². The summed E-state index contributed by atoms with van der Waals surface area (Å²) >= 11 is 0. The van der Waals surface area contributed by atoms with Crippen LogP contribution >= 0.6 is 21.6 Å². The molecule has 8 heteroatoms. The summed E-state index contributed by atoms with van der Waals surface area (Å²) in [6.45, 7) is 0. The molecule has 0 aromatic carbocycles. The van der Waals surface area contributed by atoms with E-state index in [1.54, 1.807) is 0 Å². The normalized spacial score (nSPS) is 14.0. The summed E-state index contributed by atoms with van der Waals surface area (Å²) in [6, 6.07) is -1.31. The van der Waals surface area contributed by atoms with Crippen LogP contribution in [0.15, 0.2) is 0 Å². The van der Waals surface area contributed by atoms with E-state index in [0.717, 1.165) is 0 Å². The molecule has 0 spiro atoms. The average Bonchev–Trinajstić information content (AvgIpc) is 2.31. The van der Waals surface area contributed by atoms with Gasteiger partial charge in [-0.05, 0) is 0 Å². The SMILES string of the molecule is COC(=O)C(N)CSSC[C@H](N)C(=O)OC. The molecule has 0 bridgehead atoms. The monoisotopic (exact) mass is 268 g/mol. The fourth-order valence-electron chi connectivity index (χ4n) is 0.682. The first-order valence-electron chi connectivity index (χ1n) is 4.44. The van der Waals surface area contributed by atoms with Crippen molar-refractivity contribution in [3.8, 4) is 0 Å². The molecule has 0 aliphatic carbocycles. The number of esters is 2. The largest absolute Gasteiger partial charge is 0.468 e. The molecule has 1 unspecified atom stereocenters. The Kier molecular flexibility index (Phi) is 8.44. The quantitative estimate of drug-likeness (QED) is 0.357. The lowest BCUT2D eigenvalue weighted by atomic mass is 10.4. The number of nitrogens with two attached hydrogens (primary N) is 2. The van der Waals surface area contributed by atoms with E-state index in [-0.39, 0.29) is 0 Å². The van der Waals surface area contributed by atoms with Gasteiger partial charge < -0.3 is 20.9 Å². The van der Waals surface area contributed by atoms with Gasteiger partial charge in [0.05, 0.1) is 14.2 Å². The lowest BCUT2D eigenvalue weighted by Gasteiger charge is -2.10. The van der Waals surface area contributed by atoms with Crippen molar-refractivity contribution in [1.82, 2.24) is 0 Å². The van der Waals surface area contributed by atoms with Crippen molar-refractivity contribution in [2.24, 2.45) is 11.5 Å². The van der Waals surface area contributed by atoms with Gasteiger partial charge in [0.15, 0.2) is 0 Å². The maximum Gasteiger partial charge on any atom is 0.323 e. The second-order valence-corrected chi connectivity index (χ2v) is 5.38. The zero-order valence-electron chi connectivity index (χ0n) is 9.17. The van der Waals surface area contributed by atoms with Gasteiger partial charge in [0.2, 0.25) is 0 Å². The third-order valence-electron chi connectivity index (χ3n) is 1.59. The highest BCUT2D eigenvalue weighted by atomic mass is 33.1. The van der Waals surface area contributed by atoms with E-state index in [1.165, 1.54) is 35.8 Å². The standard InChI is InChI=1S/C8H16N2O4S2/c1-13-7(11)5(9)3-15-16-4-6(10)8(12)14-2/h5-6H,3-4,9-10H2,1-2H3/t5-,6?/m0/s1. The molecule has 4 N–H and O–H groups in total. The van der Waals surface area contributed by atoms with Crippen LogP contribution in [0.25, 0.3) is 0 Å². The summed E-state index contributed by atoms with van der Waals surface area (Å²) in [7, 11) is 5.30. The van der Waals surface area contributed by atoms with Gasteiger partial charge in [0.25, 0.3) is 0 Å². The molecule has 0 aromatic heterocycles. The molecule has 0 aromatic rings. The van der Waals surface area contributed by atoms with Gasteiger partial charge in [-0.2, -0.15) is 0 Å². The van der Waals surface area contributed by atoms with Gasteiger partial charge in [0.1, 0.15) is 12.1 Å². The third kappa shape index (κ3) is 6.21. The summed E-state index contributed by atoms with van der Waals surface area (Å²) in [5, 5.41) is 0. The molecule has 6 nitrogen and oxygen atoms in total. The fourth-order valence-corrected chi connectivity index (χ4v) is 2.90. The summed E-state index contributed by atoms with van der Waals surface area (Å²) in [5.74, 6) is -0.0908. The Balaban J connectivity index is 3.60. The first-order valence-corrected chi connectivity index (χ1v) is 6.93. The molecule has 0 saturated heterocycles. The highest BCUT2D eigenvalue weighted by Crippen LogP contribution is 2.22. The minimum atomic E-state index is -0.656. The van der Waals surface area contributed by atoms with Gasteiger partial charge in [-0.3, -0.25) is 9.59 Å². The lowest BCUT2D eigenvalue weighted by Crippen LogP contribution is -2.34. The van der Waals surface area contributed by atoms with Crippen LogP contribution in [0.1, 0.15) is 0 Å². The topological polar surface area (TPSA) is 105 Å². The number of carbonyl (C=O) groups is 2. The molecule has 0 aliphatic rings. The zero-order chi connectivity index (χ0) is 12.6. The zero-order valence-corrected chi connectivity index (χ0v) is 10.8. The Labute approximate surface area is 102 Å². The van der Waals surface area contributed by atoms with Gasteiger partial charge >= 0.3 is 11.9 Å². The summed E-state index contributed by atoms with van der Waals surface area (Å²) in [5.41, 5.74) is 11.0. The van der Waals surface area contributed by atoms with Crippen molar-refractivity contribution in [2.75, 3.05) is 25.7 Å². The lowest BCUT2D eigenvalue weighted by molar-refractivity contribution is -0.142. The molecule has 0 amide bonds. The molecule has 0 aliphatic heterocycles. The van der Waals surface area contributed by atoms with E-state index in [1.807, 2.05) is 0 Å². The van der Waals surface area contributed by atoms with Gasteiger partial charge in [0, 0.05) is 11.5 Å². The molecule has 0 saturated carbocycles. The number of rotatable bonds is 7. The number of methoxy groups -OCH3 is 2. The molecule has 0 radical (unpaired) electrons. The average molecular weight is 268 g/mol. The van der Waals surface area contributed by atoms with Gasteiger partial charge in [-0.15, -0.1) is 0 Å².